The van der Waals surface area contributed by atoms with E-state index in [9.17, 15) is 9.59 Å². The summed E-state index contributed by atoms with van der Waals surface area (Å²) in [6.45, 7) is 3.94. The first-order valence-corrected chi connectivity index (χ1v) is 4.76. The van der Waals surface area contributed by atoms with E-state index in [0.717, 1.165) is 0 Å². The number of carbonyl (C=O) groups excluding carboxylic acids is 2. The number of rotatable bonds is 4. The van der Waals surface area contributed by atoms with Crippen LogP contribution >= 0.6 is 0 Å². The molecule has 0 fully saturated rings. The van der Waals surface area contributed by atoms with Gasteiger partial charge in [0.2, 0.25) is 0 Å². The van der Waals surface area contributed by atoms with Crippen LogP contribution < -0.4 is 10.6 Å². The van der Waals surface area contributed by atoms with Gasteiger partial charge in [0.25, 0.3) is 11.8 Å². The lowest BCUT2D eigenvalue weighted by Gasteiger charge is -2.05. The predicted molar refractivity (Wildman–Crippen MR) is 59.2 cm³/mol. The van der Waals surface area contributed by atoms with Crippen LogP contribution in [0.25, 0.3) is 0 Å². The Labute approximate surface area is 93.3 Å². The summed E-state index contributed by atoms with van der Waals surface area (Å²) in [5.41, 5.74) is 0.491. The Morgan fingerprint density at radius 2 is 2.06 bits per heavy atom. The molecule has 1 heterocycles. The van der Waals surface area contributed by atoms with Crippen molar-refractivity contribution in [1.29, 1.82) is 0 Å². The molecule has 1 rings (SSSR count). The SMILES string of the molecule is C=CCn1ncc(C(=O)NC)c1C(=O)NC. The number of nitrogens with zero attached hydrogens (tertiary/aromatic N) is 2. The Bertz CT molecular complexity index is 422. The highest BCUT2D eigenvalue weighted by Gasteiger charge is 2.21. The van der Waals surface area contributed by atoms with Crippen molar-refractivity contribution in [2.45, 2.75) is 6.54 Å². The van der Waals surface area contributed by atoms with E-state index in [-0.39, 0.29) is 23.1 Å². The van der Waals surface area contributed by atoms with Crippen molar-refractivity contribution in [3.63, 3.8) is 0 Å². The molecular weight excluding hydrogens is 208 g/mol. The van der Waals surface area contributed by atoms with E-state index in [0.29, 0.717) is 6.54 Å². The molecule has 0 atom stereocenters. The largest absolute Gasteiger partial charge is 0.355 e. The van der Waals surface area contributed by atoms with Gasteiger partial charge >= 0.3 is 0 Å². The van der Waals surface area contributed by atoms with Crippen LogP contribution in [0.1, 0.15) is 20.8 Å². The molecule has 86 valence electrons. The van der Waals surface area contributed by atoms with Gasteiger partial charge in [-0.15, -0.1) is 6.58 Å². The van der Waals surface area contributed by atoms with Gasteiger partial charge in [-0.1, -0.05) is 6.08 Å². The molecule has 6 heteroatoms. The molecule has 0 unspecified atom stereocenters. The second-order valence-electron chi connectivity index (χ2n) is 3.04. The molecule has 0 bridgehead atoms. The van der Waals surface area contributed by atoms with Crippen LogP contribution in [0.4, 0.5) is 0 Å². The average Bonchev–Trinajstić information content (AvgIpc) is 2.71. The number of nitrogens with one attached hydrogen (secondary N) is 2. The van der Waals surface area contributed by atoms with Crippen molar-refractivity contribution in [3.8, 4) is 0 Å². The maximum absolute atomic E-state index is 11.6. The van der Waals surface area contributed by atoms with E-state index in [1.807, 2.05) is 0 Å². The number of hydrogen-bond acceptors (Lipinski definition) is 3. The van der Waals surface area contributed by atoms with Gasteiger partial charge in [0.15, 0.2) is 0 Å². The number of allylic oxidation sites excluding steroid dienone is 1. The van der Waals surface area contributed by atoms with Crippen molar-refractivity contribution in [3.05, 3.63) is 30.1 Å². The minimum absolute atomic E-state index is 0.238. The summed E-state index contributed by atoms with van der Waals surface area (Å²) in [6.07, 6.45) is 2.97. The Hall–Kier alpha value is -2.11. The molecule has 2 N–H and O–H groups in total. The number of carbonyl (C=O) groups is 2. The topological polar surface area (TPSA) is 76.0 Å². The number of hydrogen-bond donors (Lipinski definition) is 2. The van der Waals surface area contributed by atoms with Gasteiger partial charge in [-0.25, -0.2) is 0 Å². The van der Waals surface area contributed by atoms with E-state index < -0.39 is 0 Å². The fraction of sp³-hybridized carbons (Fsp3) is 0.300. The van der Waals surface area contributed by atoms with Gasteiger partial charge in [0.1, 0.15) is 5.69 Å². The van der Waals surface area contributed by atoms with E-state index in [2.05, 4.69) is 22.3 Å². The van der Waals surface area contributed by atoms with Crippen molar-refractivity contribution < 1.29 is 9.59 Å². The van der Waals surface area contributed by atoms with Crippen molar-refractivity contribution in [2.24, 2.45) is 0 Å². The zero-order chi connectivity index (χ0) is 12.1. The Morgan fingerprint density at radius 1 is 1.44 bits per heavy atom. The van der Waals surface area contributed by atoms with Crippen LogP contribution in [-0.4, -0.2) is 35.7 Å². The fourth-order valence-corrected chi connectivity index (χ4v) is 1.30. The first-order valence-electron chi connectivity index (χ1n) is 4.76. The highest BCUT2D eigenvalue weighted by Crippen LogP contribution is 2.08. The van der Waals surface area contributed by atoms with Gasteiger partial charge in [-0.2, -0.15) is 5.10 Å². The monoisotopic (exact) mass is 222 g/mol. The quantitative estimate of drug-likeness (QED) is 0.692. The molecule has 0 saturated carbocycles. The summed E-state index contributed by atoms with van der Waals surface area (Å²) in [4.78, 5) is 23.1. The Balaban J connectivity index is 3.23. The summed E-state index contributed by atoms with van der Waals surface area (Å²) < 4.78 is 1.43. The summed E-state index contributed by atoms with van der Waals surface area (Å²) >= 11 is 0. The molecule has 0 aliphatic rings. The van der Waals surface area contributed by atoms with Gasteiger partial charge in [0.05, 0.1) is 18.3 Å². The summed E-state index contributed by atoms with van der Waals surface area (Å²) in [5, 5.41) is 8.90. The average molecular weight is 222 g/mol. The Morgan fingerprint density at radius 3 is 2.56 bits per heavy atom. The maximum atomic E-state index is 11.6. The number of amides is 2. The third-order valence-corrected chi connectivity index (χ3v) is 2.06. The van der Waals surface area contributed by atoms with Gasteiger partial charge in [-0.3, -0.25) is 14.3 Å². The molecule has 1 aromatic rings. The minimum atomic E-state index is -0.349. The second-order valence-corrected chi connectivity index (χ2v) is 3.04. The smallest absolute Gasteiger partial charge is 0.270 e. The molecule has 0 radical (unpaired) electrons. The van der Waals surface area contributed by atoms with Crippen LogP contribution in [0, 0.1) is 0 Å². The van der Waals surface area contributed by atoms with E-state index in [1.165, 1.54) is 25.0 Å². The minimum Gasteiger partial charge on any atom is -0.355 e. The van der Waals surface area contributed by atoms with Crippen molar-refractivity contribution >= 4 is 11.8 Å². The lowest BCUT2D eigenvalue weighted by atomic mass is 10.2. The summed E-state index contributed by atoms with van der Waals surface area (Å²) in [6, 6.07) is 0. The van der Waals surface area contributed by atoms with Gasteiger partial charge in [0, 0.05) is 14.1 Å². The highest BCUT2D eigenvalue weighted by atomic mass is 16.2. The first kappa shape index (κ1) is 12.0. The molecule has 0 aliphatic heterocycles. The predicted octanol–water partition coefficient (Wildman–Crippen LogP) is -0.212. The summed E-state index contributed by atoms with van der Waals surface area (Å²) in [7, 11) is 3.00. The Kier molecular flexibility index (Phi) is 3.82. The normalized spacial score (nSPS) is 9.62. The van der Waals surface area contributed by atoms with Crippen LogP contribution in [-0.2, 0) is 6.54 Å². The number of aromatic nitrogens is 2. The third-order valence-electron chi connectivity index (χ3n) is 2.06. The van der Waals surface area contributed by atoms with Crippen LogP contribution in [0.15, 0.2) is 18.9 Å². The molecule has 0 saturated heterocycles. The molecule has 0 aliphatic carbocycles. The standard InChI is InChI=1S/C10H14N4O2/c1-4-5-14-8(10(16)12-3)7(6-13-14)9(15)11-2/h4,6H,1,5H2,2-3H3,(H,11,15)(H,12,16). The third kappa shape index (κ3) is 2.10. The fourth-order valence-electron chi connectivity index (χ4n) is 1.30. The molecule has 1 aromatic heterocycles. The van der Waals surface area contributed by atoms with Crippen LogP contribution in [0.5, 0.6) is 0 Å². The van der Waals surface area contributed by atoms with Crippen LogP contribution in [0.3, 0.4) is 0 Å². The zero-order valence-electron chi connectivity index (χ0n) is 9.28. The van der Waals surface area contributed by atoms with E-state index >= 15 is 0 Å². The van der Waals surface area contributed by atoms with Gasteiger partial charge < -0.3 is 10.6 Å². The molecule has 2 amide bonds. The lowest BCUT2D eigenvalue weighted by Crippen LogP contribution is -2.27. The van der Waals surface area contributed by atoms with Crippen LogP contribution in [0.2, 0.25) is 0 Å². The zero-order valence-corrected chi connectivity index (χ0v) is 9.28. The second kappa shape index (κ2) is 5.11. The van der Waals surface area contributed by atoms with Crippen molar-refractivity contribution in [1.82, 2.24) is 20.4 Å². The molecule has 0 spiro atoms. The van der Waals surface area contributed by atoms with E-state index in [4.69, 9.17) is 0 Å². The lowest BCUT2D eigenvalue weighted by molar-refractivity contribution is 0.0923. The van der Waals surface area contributed by atoms with E-state index in [1.54, 1.807) is 6.08 Å². The highest BCUT2D eigenvalue weighted by molar-refractivity contribution is 6.05. The molecular formula is C10H14N4O2. The maximum Gasteiger partial charge on any atom is 0.270 e. The molecule has 0 aromatic carbocycles. The molecule has 6 nitrogen and oxygen atoms in total. The molecule has 16 heavy (non-hydrogen) atoms. The van der Waals surface area contributed by atoms with Crippen molar-refractivity contribution in [2.75, 3.05) is 14.1 Å². The summed E-state index contributed by atoms with van der Waals surface area (Å²) in [5.74, 6) is -0.688. The first-order chi connectivity index (χ1) is 7.65. The van der Waals surface area contributed by atoms with Gasteiger partial charge in [-0.05, 0) is 0 Å².